The Morgan fingerprint density at radius 3 is 2.38 bits per heavy atom. The molecule has 0 spiro atoms. The fourth-order valence-electron chi connectivity index (χ4n) is 0.760. The van der Waals surface area contributed by atoms with Crippen LogP contribution in [-0.2, 0) is 10.0 Å². The van der Waals surface area contributed by atoms with E-state index >= 15 is 0 Å². The Morgan fingerprint density at radius 2 is 2.00 bits per heavy atom. The Bertz CT molecular complexity index is 323. The lowest BCUT2D eigenvalue weighted by atomic mass is 10.2. The smallest absolute Gasteiger partial charge is 0.211 e. The molecule has 6 heteroatoms. The third-order valence-electron chi connectivity index (χ3n) is 1.43. The molecular formula is C7H11N3O2S. The number of nitrogens with zero attached hydrogens (tertiary/aromatic N) is 2. The third-order valence-corrected chi connectivity index (χ3v) is 2.63. The number of nitrogens with one attached hydrogen (secondary N) is 1. The lowest BCUT2D eigenvalue weighted by Crippen LogP contribution is -2.35. The van der Waals surface area contributed by atoms with Crippen LogP contribution in [-0.4, -0.2) is 20.2 Å². The van der Waals surface area contributed by atoms with E-state index < -0.39 is 15.8 Å². The molecular weight excluding hydrogens is 190 g/mol. The fraction of sp³-hybridized carbons (Fsp3) is 0.714. The molecule has 0 fully saturated rings. The molecule has 0 aromatic rings. The topological polar surface area (TPSA) is 93.8 Å². The van der Waals surface area contributed by atoms with E-state index in [0.29, 0.717) is 6.42 Å². The first-order valence-electron chi connectivity index (χ1n) is 3.79. The molecule has 0 aliphatic carbocycles. The van der Waals surface area contributed by atoms with Crippen LogP contribution in [0.1, 0.15) is 19.8 Å². The van der Waals surface area contributed by atoms with E-state index in [0.717, 1.165) is 0 Å². The first-order chi connectivity index (χ1) is 6.05. The van der Waals surface area contributed by atoms with Gasteiger partial charge in [-0.1, -0.05) is 6.92 Å². The summed E-state index contributed by atoms with van der Waals surface area (Å²) in [7, 11) is -3.53. The van der Waals surface area contributed by atoms with Crippen LogP contribution in [0.3, 0.4) is 0 Å². The molecule has 1 atom stereocenters. The average Bonchev–Trinajstić information content (AvgIpc) is 2.03. The number of nitriles is 2. The molecule has 13 heavy (non-hydrogen) atoms. The van der Waals surface area contributed by atoms with E-state index in [1.54, 1.807) is 13.0 Å². The molecule has 0 aliphatic heterocycles. The Labute approximate surface area is 78.0 Å². The van der Waals surface area contributed by atoms with E-state index in [1.807, 2.05) is 6.07 Å². The zero-order valence-corrected chi connectivity index (χ0v) is 8.13. The first kappa shape index (κ1) is 11.9. The van der Waals surface area contributed by atoms with Crippen LogP contribution in [0.4, 0.5) is 0 Å². The molecule has 0 rings (SSSR count). The van der Waals surface area contributed by atoms with Crippen molar-refractivity contribution in [2.45, 2.75) is 25.8 Å². The van der Waals surface area contributed by atoms with E-state index in [4.69, 9.17) is 10.5 Å². The maximum Gasteiger partial charge on any atom is 0.225 e. The van der Waals surface area contributed by atoms with Crippen LogP contribution in [0.2, 0.25) is 0 Å². The second-order valence-corrected chi connectivity index (χ2v) is 4.26. The maximum atomic E-state index is 11.0. The highest BCUT2D eigenvalue weighted by molar-refractivity contribution is 7.89. The highest BCUT2D eigenvalue weighted by atomic mass is 32.2. The summed E-state index contributed by atoms with van der Waals surface area (Å²) < 4.78 is 24.3. The summed E-state index contributed by atoms with van der Waals surface area (Å²) >= 11 is 0. The summed E-state index contributed by atoms with van der Waals surface area (Å²) in [4.78, 5) is 0. The van der Waals surface area contributed by atoms with E-state index in [9.17, 15) is 8.42 Å². The van der Waals surface area contributed by atoms with Crippen molar-refractivity contribution in [2.24, 2.45) is 0 Å². The molecule has 1 unspecified atom stereocenters. The molecule has 0 amide bonds. The van der Waals surface area contributed by atoms with Gasteiger partial charge in [0.25, 0.3) is 0 Å². The van der Waals surface area contributed by atoms with Gasteiger partial charge in [-0.3, -0.25) is 0 Å². The molecule has 0 aromatic carbocycles. The monoisotopic (exact) mass is 201 g/mol. The van der Waals surface area contributed by atoms with Gasteiger partial charge in [0.1, 0.15) is 0 Å². The van der Waals surface area contributed by atoms with Gasteiger partial charge in [0.15, 0.2) is 5.75 Å². The van der Waals surface area contributed by atoms with Gasteiger partial charge in [0.05, 0.1) is 18.6 Å². The van der Waals surface area contributed by atoms with Gasteiger partial charge < -0.3 is 0 Å². The highest BCUT2D eigenvalue weighted by Crippen LogP contribution is 1.98. The number of sulfonamides is 1. The molecule has 1 N–H and O–H groups in total. The quantitative estimate of drug-likeness (QED) is 0.683. The third kappa shape index (κ3) is 5.18. The molecule has 0 heterocycles. The lowest BCUT2D eigenvalue weighted by Gasteiger charge is -2.11. The molecule has 72 valence electrons. The number of hydrogen-bond donors (Lipinski definition) is 1. The summed E-state index contributed by atoms with van der Waals surface area (Å²) in [6.45, 7) is 1.77. The number of hydrogen-bond acceptors (Lipinski definition) is 4. The second kappa shape index (κ2) is 5.52. The van der Waals surface area contributed by atoms with Gasteiger partial charge >= 0.3 is 0 Å². The van der Waals surface area contributed by atoms with Gasteiger partial charge in [0, 0.05) is 6.04 Å². The SMILES string of the molecule is CCC(CC#N)NS(=O)(=O)CC#N. The minimum atomic E-state index is -3.53. The van der Waals surface area contributed by atoms with Crippen LogP contribution >= 0.6 is 0 Å². The van der Waals surface area contributed by atoms with Gasteiger partial charge in [-0.2, -0.15) is 10.5 Å². The van der Waals surface area contributed by atoms with Crippen LogP contribution in [0.25, 0.3) is 0 Å². The zero-order valence-electron chi connectivity index (χ0n) is 7.32. The van der Waals surface area contributed by atoms with Gasteiger partial charge in [-0.25, -0.2) is 13.1 Å². The predicted octanol–water partition coefficient (Wildman–Crippen LogP) is 0.122. The average molecular weight is 201 g/mol. The minimum absolute atomic E-state index is 0.126. The van der Waals surface area contributed by atoms with Crippen molar-refractivity contribution >= 4 is 10.0 Å². The van der Waals surface area contributed by atoms with Crippen LogP contribution in [0.5, 0.6) is 0 Å². The minimum Gasteiger partial charge on any atom is -0.211 e. The van der Waals surface area contributed by atoms with Crippen molar-refractivity contribution in [1.82, 2.24) is 4.72 Å². The standard InChI is InChI=1S/C7H11N3O2S/c1-2-7(3-4-8)10-13(11,12)6-5-9/h7,10H,2-3,6H2,1H3. The maximum absolute atomic E-state index is 11.0. The van der Waals surface area contributed by atoms with E-state index in [2.05, 4.69) is 4.72 Å². The van der Waals surface area contributed by atoms with Crippen molar-refractivity contribution in [3.05, 3.63) is 0 Å². The van der Waals surface area contributed by atoms with E-state index in [1.165, 1.54) is 0 Å². The summed E-state index contributed by atoms with van der Waals surface area (Å²) in [6, 6.07) is 3.03. The second-order valence-electron chi connectivity index (χ2n) is 2.50. The van der Waals surface area contributed by atoms with Gasteiger partial charge in [-0.05, 0) is 6.42 Å². The lowest BCUT2D eigenvalue weighted by molar-refractivity contribution is 0.546. The van der Waals surface area contributed by atoms with Gasteiger partial charge in [-0.15, -0.1) is 0 Å². The van der Waals surface area contributed by atoms with Crippen molar-refractivity contribution in [3.8, 4) is 12.1 Å². The summed E-state index contributed by atoms with van der Waals surface area (Å²) in [6.07, 6.45) is 0.666. The summed E-state index contributed by atoms with van der Waals surface area (Å²) in [5.41, 5.74) is 0. The predicted molar refractivity (Wildman–Crippen MR) is 46.8 cm³/mol. The summed E-state index contributed by atoms with van der Waals surface area (Å²) in [5.74, 6) is -0.561. The molecule has 0 bridgehead atoms. The van der Waals surface area contributed by atoms with Crippen molar-refractivity contribution < 1.29 is 8.42 Å². The van der Waals surface area contributed by atoms with E-state index in [-0.39, 0.29) is 12.5 Å². The molecule has 0 saturated heterocycles. The Morgan fingerprint density at radius 1 is 1.38 bits per heavy atom. The Balaban J connectivity index is 4.26. The molecule has 0 aliphatic rings. The molecule has 0 aromatic heterocycles. The van der Waals surface area contributed by atoms with Crippen molar-refractivity contribution in [2.75, 3.05) is 5.75 Å². The Hall–Kier alpha value is -1.11. The number of rotatable bonds is 5. The zero-order chi connectivity index (χ0) is 10.3. The Kier molecular flexibility index (Phi) is 5.05. The normalized spacial score (nSPS) is 12.8. The molecule has 5 nitrogen and oxygen atoms in total. The van der Waals surface area contributed by atoms with Crippen molar-refractivity contribution in [1.29, 1.82) is 10.5 Å². The van der Waals surface area contributed by atoms with Crippen molar-refractivity contribution in [3.63, 3.8) is 0 Å². The fourth-order valence-corrected chi connectivity index (χ4v) is 1.77. The van der Waals surface area contributed by atoms with Gasteiger partial charge in [0.2, 0.25) is 10.0 Å². The molecule has 0 saturated carbocycles. The molecule has 0 radical (unpaired) electrons. The van der Waals surface area contributed by atoms with Crippen LogP contribution in [0.15, 0.2) is 0 Å². The largest absolute Gasteiger partial charge is 0.225 e. The summed E-state index contributed by atoms with van der Waals surface area (Å²) in [5, 5.41) is 16.5. The van der Waals surface area contributed by atoms with Crippen LogP contribution < -0.4 is 4.72 Å². The first-order valence-corrected chi connectivity index (χ1v) is 5.44. The highest BCUT2D eigenvalue weighted by Gasteiger charge is 2.15. The van der Waals surface area contributed by atoms with Crippen LogP contribution in [0, 0.1) is 22.7 Å².